The van der Waals surface area contributed by atoms with Crippen molar-refractivity contribution in [1.29, 1.82) is 0 Å². The molecule has 1 heterocycles. The SMILES string of the molecule is COc1ccc(OC)c(Oc2n[c]cs2)c1. The summed E-state index contributed by atoms with van der Waals surface area (Å²) in [6, 6.07) is 5.34. The Kier molecular flexibility index (Phi) is 3.26. The summed E-state index contributed by atoms with van der Waals surface area (Å²) in [6.07, 6.45) is 2.69. The molecular weight excluding hydrogens is 226 g/mol. The number of thiazole rings is 1. The van der Waals surface area contributed by atoms with E-state index in [4.69, 9.17) is 14.2 Å². The smallest absolute Gasteiger partial charge is 0.279 e. The molecule has 0 amide bonds. The highest BCUT2D eigenvalue weighted by Gasteiger charge is 2.08. The monoisotopic (exact) mass is 236 g/mol. The van der Waals surface area contributed by atoms with E-state index in [1.165, 1.54) is 11.3 Å². The fourth-order valence-electron chi connectivity index (χ4n) is 1.19. The maximum absolute atomic E-state index is 5.55. The molecule has 0 aliphatic carbocycles. The lowest BCUT2D eigenvalue weighted by atomic mass is 10.3. The molecule has 0 aliphatic rings. The third-order valence-corrected chi connectivity index (χ3v) is 2.54. The van der Waals surface area contributed by atoms with E-state index in [1.807, 2.05) is 0 Å². The summed E-state index contributed by atoms with van der Waals surface area (Å²) < 4.78 is 15.8. The van der Waals surface area contributed by atoms with Gasteiger partial charge in [-0.2, -0.15) is 0 Å². The molecule has 0 unspecified atom stereocenters. The summed E-state index contributed by atoms with van der Waals surface area (Å²) in [4.78, 5) is 3.92. The number of hydrogen-bond acceptors (Lipinski definition) is 5. The predicted octanol–water partition coefficient (Wildman–Crippen LogP) is 2.75. The first-order valence-electron chi connectivity index (χ1n) is 4.55. The van der Waals surface area contributed by atoms with Gasteiger partial charge in [0.25, 0.3) is 5.19 Å². The maximum Gasteiger partial charge on any atom is 0.279 e. The number of aromatic nitrogens is 1. The van der Waals surface area contributed by atoms with E-state index in [0.29, 0.717) is 22.4 Å². The molecule has 5 heteroatoms. The number of ether oxygens (including phenoxy) is 3. The van der Waals surface area contributed by atoms with Gasteiger partial charge in [-0.15, -0.1) is 0 Å². The van der Waals surface area contributed by atoms with E-state index in [1.54, 1.807) is 37.8 Å². The molecule has 0 bridgehead atoms. The highest BCUT2D eigenvalue weighted by Crippen LogP contribution is 2.35. The maximum atomic E-state index is 5.55. The second kappa shape index (κ2) is 4.85. The molecule has 1 aromatic heterocycles. The fraction of sp³-hybridized carbons (Fsp3) is 0.182. The van der Waals surface area contributed by atoms with Crippen LogP contribution in [0.4, 0.5) is 0 Å². The number of methoxy groups -OCH3 is 2. The molecule has 0 saturated carbocycles. The van der Waals surface area contributed by atoms with Crippen LogP contribution in [0, 0.1) is 6.20 Å². The number of benzene rings is 1. The molecule has 0 aliphatic heterocycles. The zero-order valence-corrected chi connectivity index (χ0v) is 9.71. The van der Waals surface area contributed by atoms with Crippen molar-refractivity contribution in [2.24, 2.45) is 0 Å². The first-order chi connectivity index (χ1) is 7.83. The molecule has 16 heavy (non-hydrogen) atoms. The highest BCUT2D eigenvalue weighted by molar-refractivity contribution is 7.11. The van der Waals surface area contributed by atoms with Gasteiger partial charge in [0.2, 0.25) is 0 Å². The van der Waals surface area contributed by atoms with E-state index >= 15 is 0 Å². The minimum absolute atomic E-state index is 0.520. The van der Waals surface area contributed by atoms with Crippen LogP contribution in [0.5, 0.6) is 22.4 Å². The van der Waals surface area contributed by atoms with Gasteiger partial charge in [0.05, 0.1) is 14.2 Å². The Morgan fingerprint density at radius 2 is 2.06 bits per heavy atom. The molecule has 0 fully saturated rings. The topological polar surface area (TPSA) is 40.6 Å². The van der Waals surface area contributed by atoms with Gasteiger partial charge < -0.3 is 14.2 Å². The van der Waals surface area contributed by atoms with E-state index in [0.717, 1.165) is 0 Å². The molecule has 4 nitrogen and oxygen atoms in total. The average molecular weight is 236 g/mol. The van der Waals surface area contributed by atoms with Gasteiger partial charge in [-0.3, -0.25) is 0 Å². The minimum atomic E-state index is 0.520. The summed E-state index contributed by atoms with van der Waals surface area (Å²) in [5.41, 5.74) is 0. The largest absolute Gasteiger partial charge is 0.497 e. The van der Waals surface area contributed by atoms with Gasteiger partial charge in [-0.25, -0.2) is 4.98 Å². The quantitative estimate of drug-likeness (QED) is 0.818. The van der Waals surface area contributed by atoms with Crippen molar-refractivity contribution in [3.05, 3.63) is 29.8 Å². The third kappa shape index (κ3) is 2.25. The molecule has 83 valence electrons. The Hall–Kier alpha value is -1.75. The first kappa shape index (κ1) is 10.8. The van der Waals surface area contributed by atoms with Gasteiger partial charge in [0.1, 0.15) is 11.9 Å². The Morgan fingerprint density at radius 1 is 1.19 bits per heavy atom. The summed E-state index contributed by atoms with van der Waals surface area (Å²) in [7, 11) is 3.19. The summed E-state index contributed by atoms with van der Waals surface area (Å²) in [5, 5.41) is 2.24. The van der Waals surface area contributed by atoms with Crippen molar-refractivity contribution in [2.45, 2.75) is 0 Å². The van der Waals surface area contributed by atoms with Crippen LogP contribution in [0.3, 0.4) is 0 Å². The fourth-order valence-corrected chi connectivity index (χ4v) is 1.64. The molecule has 0 atom stereocenters. The molecule has 1 radical (unpaired) electrons. The first-order valence-corrected chi connectivity index (χ1v) is 5.43. The van der Waals surface area contributed by atoms with Gasteiger partial charge >= 0.3 is 0 Å². The van der Waals surface area contributed by atoms with Crippen LogP contribution in [0.25, 0.3) is 0 Å². The van der Waals surface area contributed by atoms with E-state index in [2.05, 4.69) is 11.2 Å². The van der Waals surface area contributed by atoms with Crippen molar-refractivity contribution < 1.29 is 14.2 Å². The van der Waals surface area contributed by atoms with Crippen LogP contribution in [0.2, 0.25) is 0 Å². The summed E-state index contributed by atoms with van der Waals surface area (Å²) in [6.45, 7) is 0. The van der Waals surface area contributed by atoms with Crippen molar-refractivity contribution >= 4 is 11.3 Å². The second-order valence-electron chi connectivity index (χ2n) is 2.86. The van der Waals surface area contributed by atoms with Gasteiger partial charge in [-0.05, 0) is 12.1 Å². The molecule has 2 rings (SSSR count). The van der Waals surface area contributed by atoms with E-state index < -0.39 is 0 Å². The third-order valence-electron chi connectivity index (χ3n) is 1.94. The Bertz CT molecular complexity index is 456. The van der Waals surface area contributed by atoms with E-state index in [-0.39, 0.29) is 0 Å². The summed E-state index contributed by atoms with van der Waals surface area (Å²) >= 11 is 1.37. The number of nitrogens with zero attached hydrogens (tertiary/aromatic N) is 1. The zero-order valence-electron chi connectivity index (χ0n) is 8.89. The van der Waals surface area contributed by atoms with Crippen LogP contribution in [0.1, 0.15) is 0 Å². The van der Waals surface area contributed by atoms with Gasteiger partial charge in [0.15, 0.2) is 11.5 Å². The molecule has 1 aromatic carbocycles. The Balaban J connectivity index is 2.30. The molecule has 2 aromatic rings. The van der Waals surface area contributed by atoms with Crippen molar-refractivity contribution in [3.8, 4) is 22.4 Å². The minimum Gasteiger partial charge on any atom is -0.497 e. The van der Waals surface area contributed by atoms with Crippen molar-refractivity contribution in [1.82, 2.24) is 4.98 Å². The molecule has 0 N–H and O–H groups in total. The summed E-state index contributed by atoms with van der Waals surface area (Å²) in [5.74, 6) is 1.91. The molecular formula is C11H10NO3S. The Labute approximate surface area is 97.4 Å². The normalized spacial score (nSPS) is 9.88. The van der Waals surface area contributed by atoms with Crippen LogP contribution < -0.4 is 14.2 Å². The highest BCUT2D eigenvalue weighted by atomic mass is 32.1. The average Bonchev–Trinajstić information content (AvgIpc) is 2.82. The van der Waals surface area contributed by atoms with Gasteiger partial charge in [-0.1, -0.05) is 11.3 Å². The zero-order chi connectivity index (χ0) is 11.4. The standard InChI is InChI=1S/C11H10NO3S/c1-13-8-3-4-9(14-2)10(7-8)15-11-12-5-6-16-11/h3-4,6-7H,1-2H3. The number of hydrogen-bond donors (Lipinski definition) is 0. The Morgan fingerprint density at radius 3 is 2.69 bits per heavy atom. The number of rotatable bonds is 4. The molecule has 0 saturated heterocycles. The van der Waals surface area contributed by atoms with Gasteiger partial charge in [0, 0.05) is 11.4 Å². The van der Waals surface area contributed by atoms with Crippen LogP contribution in [-0.2, 0) is 0 Å². The van der Waals surface area contributed by atoms with Crippen LogP contribution in [-0.4, -0.2) is 19.2 Å². The van der Waals surface area contributed by atoms with E-state index in [9.17, 15) is 0 Å². The second-order valence-corrected chi connectivity index (χ2v) is 3.68. The van der Waals surface area contributed by atoms with Crippen LogP contribution >= 0.6 is 11.3 Å². The predicted molar refractivity (Wildman–Crippen MR) is 60.6 cm³/mol. The van der Waals surface area contributed by atoms with Crippen molar-refractivity contribution in [3.63, 3.8) is 0 Å². The lowest BCUT2D eigenvalue weighted by Crippen LogP contribution is -1.91. The lowest BCUT2D eigenvalue weighted by molar-refractivity contribution is 0.370. The van der Waals surface area contributed by atoms with Crippen LogP contribution in [0.15, 0.2) is 23.6 Å². The molecule has 0 spiro atoms. The van der Waals surface area contributed by atoms with Crippen molar-refractivity contribution in [2.75, 3.05) is 14.2 Å². The lowest BCUT2D eigenvalue weighted by Gasteiger charge is -2.09.